The van der Waals surface area contributed by atoms with Crippen LogP contribution in [0.15, 0.2) is 4.99 Å². The van der Waals surface area contributed by atoms with Crippen molar-refractivity contribution in [1.82, 2.24) is 20.0 Å². The van der Waals surface area contributed by atoms with Crippen LogP contribution in [0.2, 0.25) is 0 Å². The highest BCUT2D eigenvalue weighted by atomic mass is 16.5. The van der Waals surface area contributed by atoms with Gasteiger partial charge >= 0.3 is 12.0 Å². The number of urea groups is 1. The molecule has 4 amide bonds. The summed E-state index contributed by atoms with van der Waals surface area (Å²) in [7, 11) is 0. The summed E-state index contributed by atoms with van der Waals surface area (Å²) < 4.78 is 5.55. The first-order valence-electron chi connectivity index (χ1n) is 13.0. The SMILES string of the molecule is CC(C)C(C)OC(=O)C1CCN(C(=O)N2C(=O)[C@H](CCCN=C(N)N)C2C(=O)N2CCNCC2)CC1. The number of aliphatic imine (C=N–C) groups is 1. The van der Waals surface area contributed by atoms with E-state index in [1.807, 2.05) is 20.8 Å². The Balaban J connectivity index is 1.63. The van der Waals surface area contributed by atoms with Crippen LogP contribution in [0.5, 0.6) is 0 Å². The lowest BCUT2D eigenvalue weighted by Gasteiger charge is -2.48. The van der Waals surface area contributed by atoms with Crippen molar-refractivity contribution in [2.45, 2.75) is 58.6 Å². The summed E-state index contributed by atoms with van der Waals surface area (Å²) in [5.41, 5.74) is 10.7. The Hall–Kier alpha value is -2.89. The summed E-state index contributed by atoms with van der Waals surface area (Å²) in [6.45, 7) is 9.31. The monoisotopic (exact) mass is 507 g/mol. The second-order valence-corrected chi connectivity index (χ2v) is 10.2. The van der Waals surface area contributed by atoms with Crippen molar-refractivity contribution in [2.24, 2.45) is 34.2 Å². The van der Waals surface area contributed by atoms with E-state index >= 15 is 0 Å². The fraction of sp³-hybridized carbons (Fsp3) is 0.792. The lowest BCUT2D eigenvalue weighted by atomic mass is 9.82. The quantitative estimate of drug-likeness (QED) is 0.133. The molecule has 3 fully saturated rings. The number of nitrogens with zero attached hydrogens (tertiary/aromatic N) is 4. The van der Waals surface area contributed by atoms with E-state index in [0.717, 1.165) is 4.90 Å². The van der Waals surface area contributed by atoms with Crippen molar-refractivity contribution in [1.29, 1.82) is 0 Å². The zero-order chi connectivity index (χ0) is 26.4. The molecule has 3 rings (SSSR count). The fourth-order valence-electron chi connectivity index (χ4n) is 4.79. The zero-order valence-electron chi connectivity index (χ0n) is 21.6. The number of esters is 1. The second kappa shape index (κ2) is 12.4. The van der Waals surface area contributed by atoms with Crippen LogP contribution in [0.4, 0.5) is 4.79 Å². The maximum atomic E-state index is 13.4. The molecule has 0 spiro atoms. The number of ether oxygens (including phenoxy) is 1. The molecule has 5 N–H and O–H groups in total. The number of likely N-dealkylation sites (tertiary alicyclic amines) is 2. The van der Waals surface area contributed by atoms with E-state index in [9.17, 15) is 19.2 Å². The van der Waals surface area contributed by atoms with Crippen molar-refractivity contribution in [3.05, 3.63) is 0 Å². The van der Waals surface area contributed by atoms with E-state index in [1.165, 1.54) is 0 Å². The maximum absolute atomic E-state index is 13.4. The Kier molecular flexibility index (Phi) is 9.52. The first kappa shape index (κ1) is 27.7. The van der Waals surface area contributed by atoms with Crippen LogP contribution in [0, 0.1) is 17.8 Å². The fourth-order valence-corrected chi connectivity index (χ4v) is 4.79. The number of rotatable bonds is 8. The number of hydrogen-bond acceptors (Lipinski definition) is 7. The molecule has 0 aromatic rings. The molecule has 3 atom stereocenters. The van der Waals surface area contributed by atoms with Gasteiger partial charge in [-0.25, -0.2) is 4.79 Å². The summed E-state index contributed by atoms with van der Waals surface area (Å²) in [4.78, 5) is 60.7. The van der Waals surface area contributed by atoms with Crippen molar-refractivity contribution < 1.29 is 23.9 Å². The van der Waals surface area contributed by atoms with Crippen LogP contribution < -0.4 is 16.8 Å². The van der Waals surface area contributed by atoms with Crippen LogP contribution in [-0.2, 0) is 19.1 Å². The van der Waals surface area contributed by atoms with Gasteiger partial charge in [0.05, 0.1) is 11.8 Å². The van der Waals surface area contributed by atoms with Gasteiger partial charge in [0.15, 0.2) is 5.96 Å². The van der Waals surface area contributed by atoms with Crippen molar-refractivity contribution in [3.63, 3.8) is 0 Å². The molecular formula is C24H41N7O5. The minimum Gasteiger partial charge on any atom is -0.462 e. The summed E-state index contributed by atoms with van der Waals surface area (Å²) in [5, 5.41) is 3.21. The van der Waals surface area contributed by atoms with Gasteiger partial charge < -0.3 is 31.3 Å². The number of piperidine rings is 1. The molecule has 3 aliphatic heterocycles. The van der Waals surface area contributed by atoms with E-state index in [1.54, 1.807) is 9.80 Å². The van der Waals surface area contributed by atoms with Crippen molar-refractivity contribution in [2.75, 3.05) is 45.8 Å². The van der Waals surface area contributed by atoms with E-state index < -0.39 is 18.0 Å². The first-order valence-corrected chi connectivity index (χ1v) is 13.0. The number of nitrogens with two attached hydrogens (primary N) is 2. The number of imide groups is 1. The average Bonchev–Trinajstić information content (AvgIpc) is 2.86. The Bertz CT molecular complexity index is 846. The molecule has 0 aliphatic carbocycles. The molecule has 202 valence electrons. The number of amides is 4. The highest BCUT2D eigenvalue weighted by Gasteiger charge is 2.56. The number of nitrogens with one attached hydrogen (secondary N) is 1. The predicted octanol–water partition coefficient (Wildman–Crippen LogP) is -0.281. The number of hydrogen-bond donors (Lipinski definition) is 3. The van der Waals surface area contributed by atoms with Gasteiger partial charge in [-0.2, -0.15) is 0 Å². The standard InChI is InChI=1S/C24H41N7O5/c1-15(2)16(3)36-22(34)17-6-11-30(12-7-17)24(35)31-19(21(33)29-13-9-27-10-14-29)18(20(31)32)5-4-8-28-23(25)26/h15-19,27H,4-14H2,1-3H3,(H4,25,26,28)/t16?,18-,19?/m1/s1. The van der Waals surface area contributed by atoms with Gasteiger partial charge in [-0.1, -0.05) is 13.8 Å². The van der Waals surface area contributed by atoms with Gasteiger partial charge in [-0.15, -0.1) is 0 Å². The molecule has 0 aromatic carbocycles. The van der Waals surface area contributed by atoms with Gasteiger partial charge in [-0.05, 0) is 38.5 Å². The highest BCUT2D eigenvalue weighted by Crippen LogP contribution is 2.34. The predicted molar refractivity (Wildman–Crippen MR) is 134 cm³/mol. The summed E-state index contributed by atoms with van der Waals surface area (Å²) >= 11 is 0. The van der Waals surface area contributed by atoms with Crippen LogP contribution in [-0.4, -0.2) is 102 Å². The molecule has 3 saturated heterocycles. The number of guanidine groups is 1. The zero-order valence-corrected chi connectivity index (χ0v) is 21.6. The molecule has 3 aliphatic rings. The smallest absolute Gasteiger partial charge is 0.327 e. The molecular weight excluding hydrogens is 466 g/mol. The molecule has 0 aromatic heterocycles. The van der Waals surface area contributed by atoms with Crippen LogP contribution in [0.3, 0.4) is 0 Å². The number of β-lactam (4-membered cyclic amide) rings is 1. The van der Waals surface area contributed by atoms with Gasteiger partial charge in [0.1, 0.15) is 12.1 Å². The van der Waals surface area contributed by atoms with E-state index in [0.29, 0.717) is 71.5 Å². The van der Waals surface area contributed by atoms with Gasteiger partial charge in [-0.3, -0.25) is 24.3 Å². The molecule has 2 unspecified atom stereocenters. The van der Waals surface area contributed by atoms with E-state index in [-0.39, 0.29) is 41.7 Å². The molecule has 3 heterocycles. The van der Waals surface area contributed by atoms with Crippen molar-refractivity contribution in [3.8, 4) is 0 Å². The molecule has 12 heteroatoms. The lowest BCUT2D eigenvalue weighted by Crippen LogP contribution is -2.71. The molecule has 0 bridgehead atoms. The molecule has 0 saturated carbocycles. The first-order chi connectivity index (χ1) is 17.1. The minimum absolute atomic E-state index is 0.0221. The molecule has 12 nitrogen and oxygen atoms in total. The van der Waals surface area contributed by atoms with Crippen LogP contribution in [0.1, 0.15) is 46.5 Å². The largest absolute Gasteiger partial charge is 0.462 e. The van der Waals surface area contributed by atoms with Gasteiger partial charge in [0.25, 0.3) is 0 Å². The Labute approximate surface area is 212 Å². The van der Waals surface area contributed by atoms with Gasteiger partial charge in [0, 0.05) is 45.8 Å². The van der Waals surface area contributed by atoms with E-state index in [4.69, 9.17) is 16.2 Å². The van der Waals surface area contributed by atoms with E-state index in [2.05, 4.69) is 10.3 Å². The maximum Gasteiger partial charge on any atom is 0.327 e. The third-order valence-corrected chi connectivity index (χ3v) is 7.41. The molecule has 36 heavy (non-hydrogen) atoms. The Morgan fingerprint density at radius 3 is 2.28 bits per heavy atom. The summed E-state index contributed by atoms with van der Waals surface area (Å²) in [5.74, 6) is -1.42. The normalized spacial score (nSPS) is 23.8. The second-order valence-electron chi connectivity index (χ2n) is 10.2. The number of carbonyl (C=O) groups excluding carboxylic acids is 4. The minimum atomic E-state index is -0.822. The van der Waals surface area contributed by atoms with Crippen molar-refractivity contribution >= 4 is 29.8 Å². The van der Waals surface area contributed by atoms with Crippen LogP contribution >= 0.6 is 0 Å². The number of carbonyl (C=O) groups is 4. The average molecular weight is 508 g/mol. The Morgan fingerprint density at radius 2 is 1.69 bits per heavy atom. The highest BCUT2D eigenvalue weighted by molar-refractivity contribution is 6.09. The van der Waals surface area contributed by atoms with Gasteiger partial charge in [0.2, 0.25) is 11.8 Å². The molecule has 0 radical (unpaired) electrons. The Morgan fingerprint density at radius 1 is 1.06 bits per heavy atom. The topological polar surface area (TPSA) is 164 Å². The summed E-state index contributed by atoms with van der Waals surface area (Å²) in [6.07, 6.45) is 1.72. The number of piperazine rings is 1. The third kappa shape index (κ3) is 6.45. The van der Waals surface area contributed by atoms with Crippen LogP contribution in [0.25, 0.3) is 0 Å². The third-order valence-electron chi connectivity index (χ3n) is 7.41. The summed E-state index contributed by atoms with van der Waals surface area (Å²) in [6, 6.07) is -1.28. The lowest BCUT2D eigenvalue weighted by molar-refractivity contribution is -0.164.